The van der Waals surface area contributed by atoms with Gasteiger partial charge in [-0.25, -0.2) is 12.7 Å². The first-order valence-electron chi connectivity index (χ1n) is 7.70. The van der Waals surface area contributed by atoms with E-state index in [0.29, 0.717) is 19.0 Å². The predicted octanol–water partition coefficient (Wildman–Crippen LogP) is 2.46. The highest BCUT2D eigenvalue weighted by Crippen LogP contribution is 2.14. The zero-order valence-corrected chi connectivity index (χ0v) is 13.9. The van der Waals surface area contributed by atoms with Crippen molar-refractivity contribution in [3.05, 3.63) is 0 Å². The summed E-state index contributed by atoms with van der Waals surface area (Å²) in [6.45, 7) is 11.4. The minimum absolute atomic E-state index is 0.284. The van der Waals surface area contributed by atoms with Gasteiger partial charge in [0.2, 0.25) is 10.0 Å². The van der Waals surface area contributed by atoms with Crippen molar-refractivity contribution in [3.8, 4) is 0 Å². The summed E-state index contributed by atoms with van der Waals surface area (Å²) in [6, 6.07) is 0. The second-order valence-corrected chi connectivity index (χ2v) is 7.10. The highest BCUT2D eigenvalue weighted by Gasteiger charge is 2.22. The van der Waals surface area contributed by atoms with Gasteiger partial charge in [-0.3, -0.25) is 0 Å². The first-order chi connectivity index (χ1) is 9.01. The number of hydrogen-bond acceptors (Lipinski definition) is 3. The van der Waals surface area contributed by atoms with Crippen LogP contribution in [0, 0.1) is 5.92 Å². The molecule has 4 nitrogen and oxygen atoms in total. The van der Waals surface area contributed by atoms with Gasteiger partial charge in [0.1, 0.15) is 0 Å². The summed E-state index contributed by atoms with van der Waals surface area (Å²) in [4.78, 5) is 0. The zero-order chi connectivity index (χ0) is 14.7. The lowest BCUT2D eigenvalue weighted by molar-refractivity contribution is 0.338. The molecule has 0 unspecified atom stereocenters. The molecule has 0 rings (SSSR count). The van der Waals surface area contributed by atoms with E-state index in [4.69, 9.17) is 0 Å². The molecule has 0 saturated heterocycles. The maximum atomic E-state index is 12.3. The van der Waals surface area contributed by atoms with Gasteiger partial charge < -0.3 is 5.32 Å². The number of unbranched alkanes of at least 4 members (excludes halogenated alkanes) is 1. The Hall–Kier alpha value is -0.130. The van der Waals surface area contributed by atoms with E-state index in [1.54, 1.807) is 4.31 Å². The van der Waals surface area contributed by atoms with Crippen molar-refractivity contribution < 1.29 is 8.42 Å². The van der Waals surface area contributed by atoms with Gasteiger partial charge in [0.05, 0.1) is 5.75 Å². The van der Waals surface area contributed by atoms with Crippen molar-refractivity contribution in [1.29, 1.82) is 0 Å². The number of nitrogens with one attached hydrogen (secondary N) is 1. The summed E-state index contributed by atoms with van der Waals surface area (Å²) < 4.78 is 26.2. The van der Waals surface area contributed by atoms with Gasteiger partial charge in [-0.05, 0) is 31.8 Å². The molecular weight excluding hydrogens is 260 g/mol. The van der Waals surface area contributed by atoms with Crippen molar-refractivity contribution >= 4 is 10.0 Å². The van der Waals surface area contributed by atoms with Crippen LogP contribution in [0.25, 0.3) is 0 Å². The Bertz CT molecular complexity index is 301. The summed E-state index contributed by atoms with van der Waals surface area (Å²) in [5.74, 6) is 0.767. The van der Waals surface area contributed by atoms with Crippen LogP contribution < -0.4 is 5.32 Å². The summed E-state index contributed by atoms with van der Waals surface area (Å²) >= 11 is 0. The topological polar surface area (TPSA) is 49.4 Å². The average Bonchev–Trinajstić information content (AvgIpc) is 2.39. The van der Waals surface area contributed by atoms with Crippen LogP contribution in [0.3, 0.4) is 0 Å². The van der Waals surface area contributed by atoms with Gasteiger partial charge in [0.15, 0.2) is 0 Å². The maximum absolute atomic E-state index is 12.3. The van der Waals surface area contributed by atoms with E-state index < -0.39 is 10.0 Å². The first kappa shape index (κ1) is 18.9. The highest BCUT2D eigenvalue weighted by atomic mass is 32.2. The predicted molar refractivity (Wildman–Crippen MR) is 82.9 cm³/mol. The Morgan fingerprint density at radius 1 is 1.05 bits per heavy atom. The Labute approximate surface area is 120 Å². The molecule has 0 radical (unpaired) electrons. The third-order valence-electron chi connectivity index (χ3n) is 3.62. The first-order valence-corrected chi connectivity index (χ1v) is 9.31. The summed E-state index contributed by atoms with van der Waals surface area (Å²) in [5.41, 5.74) is 0. The molecule has 116 valence electrons. The van der Waals surface area contributed by atoms with Crippen LogP contribution in [0.2, 0.25) is 0 Å². The minimum atomic E-state index is -3.07. The molecule has 0 aliphatic heterocycles. The van der Waals surface area contributed by atoms with E-state index in [1.807, 2.05) is 6.92 Å². The molecule has 0 aromatic heterocycles. The molecule has 0 fully saturated rings. The summed E-state index contributed by atoms with van der Waals surface area (Å²) in [6.07, 6.45) is 3.76. The van der Waals surface area contributed by atoms with Crippen molar-refractivity contribution in [2.24, 2.45) is 5.92 Å². The van der Waals surface area contributed by atoms with Gasteiger partial charge in [-0.2, -0.15) is 0 Å². The van der Waals surface area contributed by atoms with Gasteiger partial charge >= 0.3 is 0 Å². The molecule has 0 heterocycles. The molecule has 0 bridgehead atoms. The van der Waals surface area contributed by atoms with E-state index in [0.717, 1.165) is 38.8 Å². The Balaban J connectivity index is 4.25. The van der Waals surface area contributed by atoms with Gasteiger partial charge in [-0.1, -0.05) is 40.5 Å². The normalized spacial score (nSPS) is 12.5. The fourth-order valence-electron chi connectivity index (χ4n) is 2.11. The van der Waals surface area contributed by atoms with Gasteiger partial charge in [0, 0.05) is 13.1 Å². The van der Waals surface area contributed by atoms with E-state index in [-0.39, 0.29) is 5.75 Å². The van der Waals surface area contributed by atoms with Gasteiger partial charge in [0.25, 0.3) is 0 Å². The van der Waals surface area contributed by atoms with Crippen LogP contribution >= 0.6 is 0 Å². The van der Waals surface area contributed by atoms with Crippen LogP contribution in [-0.4, -0.2) is 44.7 Å². The van der Waals surface area contributed by atoms with E-state index in [9.17, 15) is 8.42 Å². The minimum Gasteiger partial charge on any atom is -0.317 e. The highest BCUT2D eigenvalue weighted by molar-refractivity contribution is 7.89. The SMILES string of the molecule is CCNCCCCS(=O)(=O)N(CC)CC(CC)CC. The third-order valence-corrected chi connectivity index (χ3v) is 5.62. The Morgan fingerprint density at radius 3 is 2.16 bits per heavy atom. The second kappa shape index (κ2) is 10.6. The molecule has 1 N–H and O–H groups in total. The quantitative estimate of drug-likeness (QED) is 0.562. The molecular formula is C14H32N2O2S. The lowest BCUT2D eigenvalue weighted by Crippen LogP contribution is -2.36. The van der Waals surface area contributed by atoms with Crippen LogP contribution in [0.1, 0.15) is 53.4 Å². The van der Waals surface area contributed by atoms with Crippen molar-refractivity contribution in [3.63, 3.8) is 0 Å². The molecule has 0 saturated carbocycles. The van der Waals surface area contributed by atoms with Crippen LogP contribution in [0.4, 0.5) is 0 Å². The number of nitrogens with zero attached hydrogens (tertiary/aromatic N) is 1. The number of hydrogen-bond donors (Lipinski definition) is 1. The molecule has 0 aliphatic carbocycles. The fraction of sp³-hybridized carbons (Fsp3) is 1.00. The number of rotatable bonds is 12. The van der Waals surface area contributed by atoms with Crippen LogP contribution in [0.15, 0.2) is 0 Å². The average molecular weight is 292 g/mol. The molecule has 0 aromatic carbocycles. The van der Waals surface area contributed by atoms with Crippen molar-refractivity contribution in [2.45, 2.75) is 53.4 Å². The summed E-state index contributed by atoms with van der Waals surface area (Å²) in [5, 5.41) is 3.22. The molecule has 0 aromatic rings. The number of sulfonamides is 1. The molecule has 0 atom stereocenters. The van der Waals surface area contributed by atoms with Crippen LogP contribution in [0.5, 0.6) is 0 Å². The van der Waals surface area contributed by atoms with Crippen LogP contribution in [-0.2, 0) is 10.0 Å². The molecule has 0 amide bonds. The van der Waals surface area contributed by atoms with Gasteiger partial charge in [-0.15, -0.1) is 0 Å². The van der Waals surface area contributed by atoms with E-state index >= 15 is 0 Å². The molecule has 0 aliphatic rings. The second-order valence-electron chi connectivity index (χ2n) is 5.01. The lowest BCUT2D eigenvalue weighted by atomic mass is 10.0. The smallest absolute Gasteiger partial charge is 0.214 e. The van der Waals surface area contributed by atoms with E-state index in [2.05, 4.69) is 26.1 Å². The third kappa shape index (κ3) is 7.90. The zero-order valence-electron chi connectivity index (χ0n) is 13.1. The maximum Gasteiger partial charge on any atom is 0.214 e. The molecule has 5 heteroatoms. The molecule has 0 spiro atoms. The largest absolute Gasteiger partial charge is 0.317 e. The fourth-order valence-corrected chi connectivity index (χ4v) is 3.77. The standard InChI is InChI=1S/C14H32N2O2S/c1-5-14(6-2)13-16(8-4)19(17,18)12-10-9-11-15-7-3/h14-15H,5-13H2,1-4H3. The monoisotopic (exact) mass is 292 g/mol. The Kier molecular flexibility index (Phi) is 10.6. The van der Waals surface area contributed by atoms with E-state index in [1.165, 1.54) is 0 Å². The molecule has 19 heavy (non-hydrogen) atoms. The Morgan fingerprint density at radius 2 is 1.68 bits per heavy atom. The van der Waals surface area contributed by atoms with Crippen molar-refractivity contribution in [1.82, 2.24) is 9.62 Å². The lowest BCUT2D eigenvalue weighted by Gasteiger charge is -2.24. The van der Waals surface area contributed by atoms with Crippen molar-refractivity contribution in [2.75, 3.05) is 31.9 Å². The summed E-state index contributed by atoms with van der Waals surface area (Å²) in [7, 11) is -3.07.